The first kappa shape index (κ1) is 17.6. The molecule has 0 unspecified atom stereocenters. The fourth-order valence-corrected chi connectivity index (χ4v) is 4.16. The van der Waals surface area contributed by atoms with Crippen molar-refractivity contribution in [3.05, 3.63) is 59.3 Å². The number of rotatable bonds is 4. The van der Waals surface area contributed by atoms with Gasteiger partial charge in [-0.15, -0.1) is 15.3 Å². The summed E-state index contributed by atoms with van der Waals surface area (Å²) < 4.78 is 28.3. The van der Waals surface area contributed by atoms with Crippen LogP contribution in [0, 0.1) is 6.92 Å². The average molecular weight is 384 g/mol. The number of anilines is 1. The molecule has 2 aromatic heterocycles. The minimum atomic E-state index is -3.44. The summed E-state index contributed by atoms with van der Waals surface area (Å²) in [5.74, 6) is 0.787. The summed E-state index contributed by atoms with van der Waals surface area (Å²) in [6.45, 7) is 4.00. The third-order valence-corrected chi connectivity index (χ3v) is 6.14. The van der Waals surface area contributed by atoms with Gasteiger partial charge in [0.05, 0.1) is 0 Å². The SMILES string of the molecule is Cc1ccc(C=CS(=O)(=O)N2CCN(c3ccc4nncn4n3)CC2)cc1. The van der Waals surface area contributed by atoms with E-state index in [0.29, 0.717) is 31.8 Å². The van der Waals surface area contributed by atoms with Crippen molar-refractivity contribution in [2.24, 2.45) is 0 Å². The maximum Gasteiger partial charge on any atom is 0.236 e. The first-order valence-electron chi connectivity index (χ1n) is 8.68. The smallest absolute Gasteiger partial charge is 0.236 e. The summed E-state index contributed by atoms with van der Waals surface area (Å²) in [5.41, 5.74) is 2.69. The van der Waals surface area contributed by atoms with E-state index >= 15 is 0 Å². The zero-order valence-electron chi connectivity index (χ0n) is 14.9. The molecule has 0 N–H and O–H groups in total. The highest BCUT2D eigenvalue weighted by Crippen LogP contribution is 2.17. The summed E-state index contributed by atoms with van der Waals surface area (Å²) in [6.07, 6.45) is 3.19. The van der Waals surface area contributed by atoms with Gasteiger partial charge in [-0.1, -0.05) is 29.8 Å². The second-order valence-electron chi connectivity index (χ2n) is 6.47. The minimum Gasteiger partial charge on any atom is -0.353 e. The number of hydrogen-bond donors (Lipinski definition) is 0. The summed E-state index contributed by atoms with van der Waals surface area (Å²) in [5, 5.41) is 13.5. The Kier molecular flexibility index (Phi) is 4.63. The third kappa shape index (κ3) is 3.83. The lowest BCUT2D eigenvalue weighted by molar-refractivity contribution is 0.388. The van der Waals surface area contributed by atoms with E-state index in [0.717, 1.165) is 16.9 Å². The highest BCUT2D eigenvalue weighted by Gasteiger charge is 2.25. The molecular formula is C18H20N6O2S. The van der Waals surface area contributed by atoms with Crippen molar-refractivity contribution >= 4 is 27.6 Å². The van der Waals surface area contributed by atoms with E-state index in [1.165, 1.54) is 9.71 Å². The molecule has 0 spiro atoms. The van der Waals surface area contributed by atoms with E-state index < -0.39 is 10.0 Å². The standard InChI is InChI=1S/C18H20N6O2S/c1-15-2-4-16(5-3-15)8-13-27(25,26)23-11-9-22(10-12-23)18-7-6-17-20-19-14-24(17)21-18/h2-8,13-14H,9-12H2,1H3. The van der Waals surface area contributed by atoms with E-state index in [2.05, 4.69) is 20.2 Å². The predicted octanol–water partition coefficient (Wildman–Crippen LogP) is 1.56. The van der Waals surface area contributed by atoms with Crippen molar-refractivity contribution in [1.29, 1.82) is 0 Å². The average Bonchev–Trinajstić information content (AvgIpc) is 3.15. The lowest BCUT2D eigenvalue weighted by Gasteiger charge is -2.33. The van der Waals surface area contributed by atoms with Crippen molar-refractivity contribution < 1.29 is 8.42 Å². The number of benzene rings is 1. The quantitative estimate of drug-likeness (QED) is 0.679. The first-order chi connectivity index (χ1) is 13.0. The molecule has 3 heterocycles. The molecule has 1 saturated heterocycles. The van der Waals surface area contributed by atoms with Crippen LogP contribution in [0.1, 0.15) is 11.1 Å². The van der Waals surface area contributed by atoms with Crippen LogP contribution < -0.4 is 4.90 Å². The number of aromatic nitrogens is 4. The number of nitrogens with zero attached hydrogens (tertiary/aromatic N) is 6. The molecule has 0 amide bonds. The molecule has 0 aliphatic carbocycles. The Labute approximate surface area is 157 Å². The monoisotopic (exact) mass is 384 g/mol. The largest absolute Gasteiger partial charge is 0.353 e. The molecule has 3 aromatic rings. The van der Waals surface area contributed by atoms with Gasteiger partial charge in [0.15, 0.2) is 5.65 Å². The number of piperazine rings is 1. The van der Waals surface area contributed by atoms with Gasteiger partial charge in [0.1, 0.15) is 12.1 Å². The maximum atomic E-state index is 12.6. The maximum absolute atomic E-state index is 12.6. The second-order valence-corrected chi connectivity index (χ2v) is 8.29. The van der Waals surface area contributed by atoms with Gasteiger partial charge in [0, 0.05) is 31.6 Å². The van der Waals surface area contributed by atoms with Crippen molar-refractivity contribution in [3.8, 4) is 0 Å². The van der Waals surface area contributed by atoms with Crippen molar-refractivity contribution in [1.82, 2.24) is 24.1 Å². The van der Waals surface area contributed by atoms with Crippen LogP contribution in [0.2, 0.25) is 0 Å². The Morgan fingerprint density at radius 2 is 1.74 bits per heavy atom. The molecule has 1 aliphatic heterocycles. The van der Waals surface area contributed by atoms with Gasteiger partial charge < -0.3 is 4.90 Å². The molecule has 9 heteroatoms. The summed E-state index contributed by atoms with van der Waals surface area (Å²) >= 11 is 0. The van der Waals surface area contributed by atoms with Crippen LogP contribution in [0.3, 0.4) is 0 Å². The molecule has 8 nitrogen and oxygen atoms in total. The molecule has 27 heavy (non-hydrogen) atoms. The van der Waals surface area contributed by atoms with Gasteiger partial charge in [0.25, 0.3) is 0 Å². The van der Waals surface area contributed by atoms with Crippen LogP contribution in [0.5, 0.6) is 0 Å². The second kappa shape index (κ2) is 7.09. The lowest BCUT2D eigenvalue weighted by atomic mass is 10.2. The summed E-state index contributed by atoms with van der Waals surface area (Å²) in [7, 11) is -3.44. The van der Waals surface area contributed by atoms with Crippen LogP contribution in [0.4, 0.5) is 5.82 Å². The van der Waals surface area contributed by atoms with Gasteiger partial charge in [0.2, 0.25) is 10.0 Å². The first-order valence-corrected chi connectivity index (χ1v) is 10.2. The van der Waals surface area contributed by atoms with E-state index in [9.17, 15) is 8.42 Å². The van der Waals surface area contributed by atoms with Crippen LogP contribution >= 0.6 is 0 Å². The van der Waals surface area contributed by atoms with E-state index in [1.54, 1.807) is 16.9 Å². The molecular weight excluding hydrogens is 364 g/mol. The van der Waals surface area contributed by atoms with E-state index in [1.807, 2.05) is 43.3 Å². The van der Waals surface area contributed by atoms with E-state index in [4.69, 9.17) is 0 Å². The molecule has 0 saturated carbocycles. The Balaban J connectivity index is 1.42. The fraction of sp³-hybridized carbons (Fsp3) is 0.278. The summed E-state index contributed by atoms with van der Waals surface area (Å²) in [6, 6.07) is 11.5. The Hall–Kier alpha value is -2.78. The Bertz CT molecular complexity index is 1070. The zero-order chi connectivity index (χ0) is 18.9. The van der Waals surface area contributed by atoms with Crippen molar-refractivity contribution in [3.63, 3.8) is 0 Å². The normalized spacial score (nSPS) is 16.4. The minimum absolute atomic E-state index is 0.419. The zero-order valence-corrected chi connectivity index (χ0v) is 15.7. The molecule has 0 radical (unpaired) electrons. The molecule has 140 valence electrons. The molecule has 1 aliphatic rings. The van der Waals surface area contributed by atoms with Gasteiger partial charge in [-0.2, -0.15) is 8.82 Å². The lowest BCUT2D eigenvalue weighted by Crippen LogP contribution is -2.48. The highest BCUT2D eigenvalue weighted by atomic mass is 32.2. The molecule has 0 atom stereocenters. The van der Waals surface area contributed by atoms with Gasteiger partial charge in [-0.05, 0) is 30.7 Å². The molecule has 1 fully saturated rings. The highest BCUT2D eigenvalue weighted by molar-refractivity contribution is 7.92. The van der Waals surface area contributed by atoms with Crippen LogP contribution in [-0.4, -0.2) is 58.7 Å². The third-order valence-electron chi connectivity index (χ3n) is 4.58. The van der Waals surface area contributed by atoms with Crippen LogP contribution in [0.25, 0.3) is 11.7 Å². The fourth-order valence-electron chi connectivity index (χ4n) is 2.99. The van der Waals surface area contributed by atoms with Gasteiger partial charge in [-0.25, -0.2) is 8.42 Å². The van der Waals surface area contributed by atoms with Crippen molar-refractivity contribution in [2.75, 3.05) is 31.1 Å². The Morgan fingerprint density at radius 3 is 2.48 bits per heavy atom. The summed E-state index contributed by atoms with van der Waals surface area (Å²) in [4.78, 5) is 2.06. The number of fused-ring (bicyclic) bond motifs is 1. The van der Waals surface area contributed by atoms with Gasteiger partial charge in [-0.3, -0.25) is 0 Å². The van der Waals surface area contributed by atoms with Crippen LogP contribution in [-0.2, 0) is 10.0 Å². The number of hydrogen-bond acceptors (Lipinski definition) is 6. The van der Waals surface area contributed by atoms with Gasteiger partial charge >= 0.3 is 0 Å². The molecule has 0 bridgehead atoms. The predicted molar refractivity (Wildman–Crippen MR) is 104 cm³/mol. The molecule has 4 rings (SSSR count). The van der Waals surface area contributed by atoms with Crippen molar-refractivity contribution in [2.45, 2.75) is 6.92 Å². The number of aryl methyl sites for hydroxylation is 1. The Morgan fingerprint density at radius 1 is 1.00 bits per heavy atom. The van der Waals surface area contributed by atoms with Crippen LogP contribution in [0.15, 0.2) is 48.1 Å². The number of sulfonamides is 1. The topological polar surface area (TPSA) is 83.7 Å². The van der Waals surface area contributed by atoms with E-state index in [-0.39, 0.29) is 0 Å². The molecule has 1 aromatic carbocycles.